The van der Waals surface area contributed by atoms with Crippen LogP contribution in [-0.4, -0.2) is 24.4 Å². The fraction of sp³-hybridized carbons (Fsp3) is 0.259. The lowest BCUT2D eigenvalue weighted by Crippen LogP contribution is -2.45. The molecule has 1 aliphatic rings. The summed E-state index contributed by atoms with van der Waals surface area (Å²) in [7, 11) is 1.51. The molecule has 0 aliphatic carbocycles. The fourth-order valence-corrected chi connectivity index (χ4v) is 4.02. The van der Waals surface area contributed by atoms with Gasteiger partial charge in [0.05, 0.1) is 18.2 Å². The third-order valence-electron chi connectivity index (χ3n) is 6.00. The highest BCUT2D eigenvalue weighted by atomic mass is 19.1. The molecule has 1 N–H and O–H groups in total. The highest BCUT2D eigenvalue weighted by molar-refractivity contribution is 5.97. The minimum absolute atomic E-state index is 0.0180. The van der Waals surface area contributed by atoms with Gasteiger partial charge in [0.1, 0.15) is 18.2 Å². The van der Waals surface area contributed by atoms with E-state index in [1.165, 1.54) is 19.2 Å². The summed E-state index contributed by atoms with van der Waals surface area (Å²) in [6.45, 7) is 5.54. The average Bonchev–Trinajstić information content (AvgIpc) is 2.78. The van der Waals surface area contributed by atoms with E-state index in [-0.39, 0.29) is 18.8 Å². The van der Waals surface area contributed by atoms with E-state index >= 15 is 0 Å². The number of halogens is 1. The second-order valence-electron chi connectivity index (χ2n) is 8.75. The van der Waals surface area contributed by atoms with Crippen molar-refractivity contribution in [2.24, 2.45) is 0 Å². The van der Waals surface area contributed by atoms with Gasteiger partial charge in [0.15, 0.2) is 5.78 Å². The lowest BCUT2D eigenvalue weighted by Gasteiger charge is -2.34. The van der Waals surface area contributed by atoms with Crippen molar-refractivity contribution in [3.63, 3.8) is 0 Å². The van der Waals surface area contributed by atoms with Crippen LogP contribution >= 0.6 is 0 Å². The molecule has 1 aliphatic heterocycles. The molecule has 0 spiro atoms. The molecule has 3 aromatic carbocycles. The molecule has 5 nitrogen and oxygen atoms in total. The Hall–Kier alpha value is -3.67. The molecule has 0 radical (unpaired) electrons. The average molecular weight is 448 g/mol. The fourth-order valence-electron chi connectivity index (χ4n) is 4.02. The molecule has 33 heavy (non-hydrogen) atoms. The Morgan fingerprint density at radius 2 is 1.79 bits per heavy atom. The smallest absolute Gasteiger partial charge is 0.338 e. The molecule has 0 saturated heterocycles. The van der Waals surface area contributed by atoms with Gasteiger partial charge in [-0.15, -0.1) is 0 Å². The predicted octanol–water partition coefficient (Wildman–Crippen LogP) is 5.48. The van der Waals surface area contributed by atoms with Gasteiger partial charge in [0.2, 0.25) is 0 Å². The maximum Gasteiger partial charge on any atom is 0.338 e. The van der Waals surface area contributed by atoms with Gasteiger partial charge in [-0.25, -0.2) is 9.18 Å². The summed E-state index contributed by atoms with van der Waals surface area (Å²) in [5, 5.41) is 3.28. The molecule has 4 rings (SSSR count). The van der Waals surface area contributed by atoms with E-state index in [1.54, 1.807) is 18.2 Å². The first-order valence-electron chi connectivity index (χ1n) is 10.7. The number of anilines is 1. The molecule has 0 aromatic heterocycles. The molecule has 3 aromatic rings. The van der Waals surface area contributed by atoms with E-state index in [0.717, 1.165) is 16.8 Å². The normalized spacial score (nSPS) is 14.3. The third kappa shape index (κ3) is 4.46. The Bertz CT molecular complexity index is 1230. The maximum atomic E-state index is 14.2. The lowest BCUT2D eigenvalue weighted by molar-refractivity contribution is -0.122. The van der Waals surface area contributed by atoms with Crippen molar-refractivity contribution in [2.75, 3.05) is 12.4 Å². The number of rotatable bonds is 5. The number of aryl methyl sites for hydroxylation is 1. The van der Waals surface area contributed by atoms with Crippen molar-refractivity contribution < 1.29 is 23.5 Å². The van der Waals surface area contributed by atoms with Gasteiger partial charge in [0, 0.05) is 23.2 Å². The van der Waals surface area contributed by atoms with Crippen molar-refractivity contribution >= 4 is 17.4 Å². The number of ether oxygens (including phenoxy) is 2. The molecule has 0 bridgehead atoms. The van der Waals surface area contributed by atoms with Gasteiger partial charge in [-0.3, -0.25) is 4.79 Å². The van der Waals surface area contributed by atoms with Gasteiger partial charge < -0.3 is 14.8 Å². The summed E-state index contributed by atoms with van der Waals surface area (Å²) >= 11 is 0. The zero-order chi connectivity index (χ0) is 23.8. The van der Waals surface area contributed by atoms with Crippen molar-refractivity contribution in [1.82, 2.24) is 0 Å². The van der Waals surface area contributed by atoms with Gasteiger partial charge >= 0.3 is 5.97 Å². The highest BCUT2D eigenvalue weighted by Crippen LogP contribution is 2.40. The van der Waals surface area contributed by atoms with Gasteiger partial charge in [-0.2, -0.15) is 0 Å². The van der Waals surface area contributed by atoms with Gasteiger partial charge in [-0.05, 0) is 68.3 Å². The van der Waals surface area contributed by atoms with Crippen molar-refractivity contribution in [2.45, 2.75) is 39.3 Å². The monoisotopic (exact) mass is 447 g/mol. The van der Waals surface area contributed by atoms with Crippen LogP contribution in [0.1, 0.15) is 40.9 Å². The van der Waals surface area contributed by atoms with Crippen LogP contribution in [0, 0.1) is 12.7 Å². The summed E-state index contributed by atoms with van der Waals surface area (Å²) in [5.41, 5.74) is 4.12. The number of hydrogen-bond donors (Lipinski definition) is 1. The van der Waals surface area contributed by atoms with Crippen LogP contribution in [0.2, 0.25) is 0 Å². The number of benzene rings is 3. The molecule has 0 fully saturated rings. The van der Waals surface area contributed by atoms with E-state index in [2.05, 4.69) is 5.32 Å². The second kappa shape index (κ2) is 8.70. The number of esters is 1. The largest absolute Gasteiger partial charge is 0.496 e. The Labute approximate surface area is 192 Å². The lowest BCUT2D eigenvalue weighted by atomic mass is 9.83. The van der Waals surface area contributed by atoms with E-state index in [4.69, 9.17) is 9.47 Å². The second-order valence-corrected chi connectivity index (χ2v) is 8.75. The molecule has 0 amide bonds. The van der Waals surface area contributed by atoms with Crippen molar-refractivity contribution in [1.29, 1.82) is 0 Å². The summed E-state index contributed by atoms with van der Waals surface area (Å²) < 4.78 is 25.3. The van der Waals surface area contributed by atoms with Crippen LogP contribution in [0.3, 0.4) is 0 Å². The van der Waals surface area contributed by atoms with Gasteiger partial charge in [0.25, 0.3) is 0 Å². The molecule has 170 valence electrons. The first kappa shape index (κ1) is 22.5. The first-order chi connectivity index (χ1) is 15.7. The van der Waals surface area contributed by atoms with Crippen molar-refractivity contribution in [3.8, 4) is 16.9 Å². The van der Waals surface area contributed by atoms with E-state index in [1.807, 2.05) is 45.0 Å². The quantitative estimate of drug-likeness (QED) is 0.525. The first-order valence-corrected chi connectivity index (χ1v) is 10.7. The molecular weight excluding hydrogens is 421 g/mol. The topological polar surface area (TPSA) is 64.6 Å². The SMILES string of the molecule is COc1ccc(F)cc1-c1ccc2c(c1COC(=O)c1ccc(C)cc1)CC(=O)C(C)(C)N2. The highest BCUT2D eigenvalue weighted by Gasteiger charge is 2.35. The Morgan fingerprint density at radius 1 is 1.06 bits per heavy atom. The number of nitrogens with one attached hydrogen (secondary N) is 1. The van der Waals surface area contributed by atoms with Crippen LogP contribution in [0.15, 0.2) is 54.6 Å². The molecule has 0 atom stereocenters. The van der Waals surface area contributed by atoms with Gasteiger partial charge in [-0.1, -0.05) is 23.8 Å². The molecule has 0 unspecified atom stereocenters. The van der Waals surface area contributed by atoms with Crippen molar-refractivity contribution in [3.05, 3.63) is 82.7 Å². The third-order valence-corrected chi connectivity index (χ3v) is 6.00. The molecule has 6 heteroatoms. The summed E-state index contributed by atoms with van der Waals surface area (Å²) in [4.78, 5) is 25.5. The minimum atomic E-state index is -0.707. The molecule has 1 heterocycles. The standard InChI is InChI=1S/C27H26FNO4/c1-16-5-7-17(8-6-16)26(31)33-15-22-19(21-13-18(28)9-12-24(21)32-4)10-11-23-20(22)14-25(30)27(2,3)29-23/h5-13,29H,14-15H2,1-4H3. The van der Waals surface area contributed by atoms with E-state index in [0.29, 0.717) is 28.0 Å². The minimum Gasteiger partial charge on any atom is -0.496 e. The van der Waals surface area contributed by atoms with E-state index < -0.39 is 17.3 Å². The predicted molar refractivity (Wildman–Crippen MR) is 125 cm³/mol. The van der Waals surface area contributed by atoms with Crippen LogP contribution in [-0.2, 0) is 22.6 Å². The van der Waals surface area contributed by atoms with Crippen LogP contribution in [0.5, 0.6) is 5.75 Å². The summed E-state index contributed by atoms with van der Waals surface area (Å²) in [5.74, 6) is -0.385. The van der Waals surface area contributed by atoms with Crippen LogP contribution in [0.4, 0.5) is 10.1 Å². The Balaban J connectivity index is 1.79. The zero-order valence-corrected chi connectivity index (χ0v) is 19.1. The number of ketones is 1. The number of fused-ring (bicyclic) bond motifs is 1. The van der Waals surface area contributed by atoms with Crippen LogP contribution in [0.25, 0.3) is 11.1 Å². The Kier molecular flexibility index (Phi) is 5.93. The number of methoxy groups -OCH3 is 1. The zero-order valence-electron chi connectivity index (χ0n) is 19.1. The van der Waals surface area contributed by atoms with E-state index in [9.17, 15) is 14.0 Å². The number of carbonyl (C=O) groups excluding carboxylic acids is 2. The number of Topliss-reactive ketones (excluding diaryl/α,β-unsaturated/α-hetero) is 1. The summed E-state index contributed by atoms with van der Waals surface area (Å²) in [6, 6.07) is 15.1. The van der Waals surface area contributed by atoms with Crippen LogP contribution < -0.4 is 10.1 Å². The Morgan fingerprint density at radius 3 is 2.48 bits per heavy atom. The molecule has 0 saturated carbocycles. The molecular formula is C27H26FNO4. The number of hydrogen-bond acceptors (Lipinski definition) is 5. The summed E-state index contributed by atoms with van der Waals surface area (Å²) in [6.07, 6.45) is 0.179. The maximum absolute atomic E-state index is 14.2. The number of carbonyl (C=O) groups is 2.